The van der Waals surface area contributed by atoms with Crippen LogP contribution >= 0.6 is 0 Å². The highest BCUT2D eigenvalue weighted by Crippen LogP contribution is 2.69. The fourth-order valence-corrected chi connectivity index (χ4v) is 11.9. The Balaban J connectivity index is 1.24. The molecule has 0 aliphatic heterocycles. The van der Waals surface area contributed by atoms with Crippen molar-refractivity contribution in [2.24, 2.45) is 52.3 Å². The third-order valence-corrected chi connectivity index (χ3v) is 14.7. The van der Waals surface area contributed by atoms with Crippen LogP contribution in [-0.4, -0.2) is 48.1 Å². The van der Waals surface area contributed by atoms with Crippen molar-refractivity contribution in [2.75, 3.05) is 7.05 Å². The van der Waals surface area contributed by atoms with Gasteiger partial charge in [-0.2, -0.15) is 0 Å². The van der Waals surface area contributed by atoms with Gasteiger partial charge in [-0.1, -0.05) is 52.3 Å². The summed E-state index contributed by atoms with van der Waals surface area (Å²) in [5.74, 6) is 2.72. The van der Waals surface area contributed by atoms with Gasteiger partial charge in [-0.15, -0.1) is 0 Å². The van der Waals surface area contributed by atoms with Crippen LogP contribution in [0.2, 0.25) is 0 Å². The lowest BCUT2D eigenvalue weighted by Crippen LogP contribution is -2.62. The first-order valence-corrected chi connectivity index (χ1v) is 17.7. The standard InChI is InChI=1S/C34H53NO5S/c1-6-25-29-21-23(36)17-19-34(29,4)28-18-20-33(3)26(15-16-27(33)31(28)32(25)38)22(2)11-10-14-30(37)35(5)41(39,40)24-12-8-7-9-13-24/h7-9,12-13,22-23,25-29,31-32,36,38H,6,10-11,14-21H2,1-5H3/t22-,23-,25-,26-,27+,28+,29+,31+,32-,33-,34-/m1/s1. The van der Waals surface area contributed by atoms with Crippen molar-refractivity contribution in [3.05, 3.63) is 30.3 Å². The number of hydrogen-bond acceptors (Lipinski definition) is 5. The molecule has 0 saturated heterocycles. The number of benzene rings is 1. The number of aliphatic hydroxyl groups is 2. The molecule has 11 atom stereocenters. The Labute approximate surface area is 248 Å². The van der Waals surface area contributed by atoms with E-state index in [1.807, 2.05) is 0 Å². The van der Waals surface area contributed by atoms with Crippen LogP contribution in [0, 0.1) is 52.3 Å². The minimum Gasteiger partial charge on any atom is -0.393 e. The summed E-state index contributed by atoms with van der Waals surface area (Å²) < 4.78 is 26.6. The van der Waals surface area contributed by atoms with Crippen molar-refractivity contribution in [2.45, 2.75) is 115 Å². The van der Waals surface area contributed by atoms with Crippen LogP contribution in [0.4, 0.5) is 0 Å². The van der Waals surface area contributed by atoms with E-state index in [2.05, 4.69) is 27.7 Å². The Morgan fingerprint density at radius 1 is 1.00 bits per heavy atom. The van der Waals surface area contributed by atoms with Crippen LogP contribution < -0.4 is 0 Å². The van der Waals surface area contributed by atoms with E-state index in [1.54, 1.807) is 18.2 Å². The second kappa shape index (κ2) is 11.6. The Hall–Kier alpha value is -1.44. The SMILES string of the molecule is CC[C@H]1[C@@H](O)[C@@H]2[C@H](CC[C@]3(C)[C@@H]([C@H](C)CCCC(=O)N(C)S(=O)(=O)c4ccccc4)CC[C@@H]23)[C@@]2(C)CC[C@@H](O)C[C@@H]12. The maximum absolute atomic E-state index is 12.9. The van der Waals surface area contributed by atoms with Crippen LogP contribution in [0.15, 0.2) is 35.2 Å². The van der Waals surface area contributed by atoms with Gasteiger partial charge >= 0.3 is 0 Å². The lowest BCUT2D eigenvalue weighted by atomic mass is 9.41. The average molecular weight is 588 g/mol. The Bertz CT molecular complexity index is 1190. The van der Waals surface area contributed by atoms with E-state index in [4.69, 9.17) is 0 Å². The van der Waals surface area contributed by atoms with Crippen LogP contribution in [-0.2, 0) is 14.8 Å². The number of rotatable bonds is 8. The number of fused-ring (bicyclic) bond motifs is 5. The number of nitrogens with zero attached hydrogens (tertiary/aromatic N) is 1. The van der Waals surface area contributed by atoms with Gasteiger partial charge in [-0.25, -0.2) is 12.7 Å². The maximum Gasteiger partial charge on any atom is 0.266 e. The van der Waals surface area contributed by atoms with Crippen LogP contribution in [0.3, 0.4) is 0 Å². The maximum atomic E-state index is 12.9. The fraction of sp³-hybridized carbons (Fsp3) is 0.794. The van der Waals surface area contributed by atoms with Crippen molar-refractivity contribution in [3.63, 3.8) is 0 Å². The lowest BCUT2D eigenvalue weighted by Gasteiger charge is -2.64. The third-order valence-electron chi connectivity index (χ3n) is 13.0. The summed E-state index contributed by atoms with van der Waals surface area (Å²) >= 11 is 0. The molecule has 7 heteroatoms. The molecule has 230 valence electrons. The molecule has 0 unspecified atom stereocenters. The summed E-state index contributed by atoms with van der Waals surface area (Å²) in [7, 11) is -2.46. The van der Waals surface area contributed by atoms with E-state index in [-0.39, 0.29) is 46.2 Å². The molecule has 0 heterocycles. The number of carbonyl (C=O) groups is 1. The summed E-state index contributed by atoms with van der Waals surface area (Å²) in [4.78, 5) is 13.0. The highest BCUT2D eigenvalue weighted by Gasteiger charge is 2.64. The first-order chi connectivity index (χ1) is 19.4. The minimum absolute atomic E-state index is 0.143. The van der Waals surface area contributed by atoms with Crippen LogP contribution in [0.1, 0.15) is 98.3 Å². The first kappa shape index (κ1) is 31.0. The second-order valence-electron chi connectivity index (χ2n) is 14.7. The molecule has 5 rings (SSSR count). The van der Waals surface area contributed by atoms with E-state index in [0.717, 1.165) is 42.8 Å². The summed E-state index contributed by atoms with van der Waals surface area (Å²) in [6.07, 6.45) is 9.80. The quantitative estimate of drug-likeness (QED) is 0.374. The highest BCUT2D eigenvalue weighted by molar-refractivity contribution is 7.89. The topological polar surface area (TPSA) is 94.9 Å². The Kier molecular flexibility index (Phi) is 8.75. The lowest BCUT2D eigenvalue weighted by molar-refractivity contribution is -0.203. The third kappa shape index (κ3) is 5.20. The molecule has 1 aromatic carbocycles. The van der Waals surface area contributed by atoms with Crippen molar-refractivity contribution >= 4 is 15.9 Å². The molecule has 2 N–H and O–H groups in total. The minimum atomic E-state index is -3.82. The molecule has 0 aromatic heterocycles. The molecule has 6 nitrogen and oxygen atoms in total. The monoisotopic (exact) mass is 587 g/mol. The van der Waals surface area contributed by atoms with Gasteiger partial charge in [-0.05, 0) is 122 Å². The smallest absolute Gasteiger partial charge is 0.266 e. The largest absolute Gasteiger partial charge is 0.393 e. The van der Waals surface area contributed by atoms with Crippen molar-refractivity contribution < 1.29 is 23.4 Å². The van der Waals surface area contributed by atoms with Crippen LogP contribution in [0.5, 0.6) is 0 Å². The molecule has 0 spiro atoms. The number of carbonyl (C=O) groups excluding carboxylic acids is 1. The zero-order valence-electron chi connectivity index (χ0n) is 25.8. The normalized spacial score (nSPS) is 41.1. The molecule has 41 heavy (non-hydrogen) atoms. The molecule has 1 amide bonds. The Morgan fingerprint density at radius 3 is 2.34 bits per heavy atom. The first-order valence-electron chi connectivity index (χ1n) is 16.3. The van der Waals surface area contributed by atoms with Crippen LogP contribution in [0.25, 0.3) is 0 Å². The summed E-state index contributed by atoms with van der Waals surface area (Å²) in [6.45, 7) is 9.52. The zero-order valence-corrected chi connectivity index (χ0v) is 26.7. The van der Waals surface area contributed by atoms with Gasteiger partial charge in [0.25, 0.3) is 10.0 Å². The number of sulfonamides is 1. The average Bonchev–Trinajstić information content (AvgIpc) is 3.31. The molecule has 1 aromatic rings. The van der Waals surface area contributed by atoms with Crippen molar-refractivity contribution in [1.29, 1.82) is 0 Å². The van der Waals surface area contributed by atoms with E-state index < -0.39 is 10.0 Å². The van der Waals surface area contributed by atoms with Gasteiger partial charge in [0.05, 0.1) is 17.1 Å². The molecular weight excluding hydrogens is 534 g/mol. The summed E-state index contributed by atoms with van der Waals surface area (Å²) in [5, 5.41) is 22.5. The van der Waals surface area contributed by atoms with Gasteiger partial charge in [-0.3, -0.25) is 4.79 Å². The molecule has 4 fully saturated rings. The molecule has 4 aliphatic carbocycles. The van der Waals surface area contributed by atoms with Gasteiger partial charge in [0.15, 0.2) is 0 Å². The van der Waals surface area contributed by atoms with Gasteiger partial charge < -0.3 is 10.2 Å². The molecule has 0 radical (unpaired) electrons. The van der Waals surface area contributed by atoms with Gasteiger partial charge in [0.2, 0.25) is 5.91 Å². The number of amides is 1. The Morgan fingerprint density at radius 2 is 1.66 bits per heavy atom. The summed E-state index contributed by atoms with van der Waals surface area (Å²) in [6, 6.07) is 8.15. The predicted octanol–water partition coefficient (Wildman–Crippen LogP) is 6.27. The second-order valence-corrected chi connectivity index (χ2v) is 16.6. The van der Waals surface area contributed by atoms with Gasteiger partial charge in [0, 0.05) is 13.5 Å². The number of hydrogen-bond donors (Lipinski definition) is 2. The fourth-order valence-electron chi connectivity index (χ4n) is 10.8. The zero-order chi connectivity index (χ0) is 29.7. The molecular formula is C34H53NO5S. The molecule has 4 aliphatic rings. The van der Waals surface area contributed by atoms with E-state index in [0.29, 0.717) is 41.9 Å². The van der Waals surface area contributed by atoms with Crippen molar-refractivity contribution in [3.8, 4) is 0 Å². The van der Waals surface area contributed by atoms with Crippen molar-refractivity contribution in [1.82, 2.24) is 4.31 Å². The van der Waals surface area contributed by atoms with E-state index in [9.17, 15) is 23.4 Å². The van der Waals surface area contributed by atoms with Gasteiger partial charge in [0.1, 0.15) is 0 Å². The number of aliphatic hydroxyl groups excluding tert-OH is 2. The molecule has 4 saturated carbocycles. The highest BCUT2D eigenvalue weighted by atomic mass is 32.2. The summed E-state index contributed by atoms with van der Waals surface area (Å²) in [5.41, 5.74) is 0.399. The molecule has 0 bridgehead atoms. The van der Waals surface area contributed by atoms with E-state index in [1.165, 1.54) is 38.4 Å². The van der Waals surface area contributed by atoms with E-state index >= 15 is 0 Å². The predicted molar refractivity (Wildman–Crippen MR) is 161 cm³/mol.